The van der Waals surface area contributed by atoms with Crippen LogP contribution in [0.25, 0.3) is 22.2 Å². The SMILES string of the molecule is COc1ccc(-c2cc3nn(C)cc3c(O[C@H](C)[C@H]3CCC(=O)C3)n2)cn1. The van der Waals surface area contributed by atoms with Crippen molar-refractivity contribution in [3.8, 4) is 23.0 Å². The Morgan fingerprint density at radius 3 is 2.85 bits per heavy atom. The second-order valence-corrected chi connectivity index (χ2v) is 7.00. The third kappa shape index (κ3) is 3.49. The van der Waals surface area contributed by atoms with Crippen molar-refractivity contribution in [2.45, 2.75) is 32.3 Å². The molecule has 0 aliphatic heterocycles. The molecule has 2 atom stereocenters. The zero-order valence-corrected chi connectivity index (χ0v) is 15.7. The van der Waals surface area contributed by atoms with Crippen molar-refractivity contribution >= 4 is 16.7 Å². The summed E-state index contributed by atoms with van der Waals surface area (Å²) in [5.74, 6) is 1.64. The fourth-order valence-electron chi connectivity index (χ4n) is 3.51. The van der Waals surface area contributed by atoms with Crippen LogP contribution in [0, 0.1) is 5.92 Å². The fourth-order valence-corrected chi connectivity index (χ4v) is 3.51. The van der Waals surface area contributed by atoms with Gasteiger partial charge in [0.25, 0.3) is 0 Å². The summed E-state index contributed by atoms with van der Waals surface area (Å²) in [5.41, 5.74) is 2.40. The first kappa shape index (κ1) is 17.5. The molecule has 3 aromatic heterocycles. The average Bonchev–Trinajstić information content (AvgIpc) is 3.26. The minimum Gasteiger partial charge on any atom is -0.481 e. The number of fused-ring (bicyclic) bond motifs is 1. The smallest absolute Gasteiger partial charge is 0.225 e. The van der Waals surface area contributed by atoms with Gasteiger partial charge < -0.3 is 9.47 Å². The maximum absolute atomic E-state index is 11.6. The molecule has 0 radical (unpaired) electrons. The van der Waals surface area contributed by atoms with Gasteiger partial charge in [0.05, 0.1) is 23.7 Å². The van der Waals surface area contributed by atoms with E-state index < -0.39 is 0 Å². The Kier molecular flexibility index (Phi) is 4.51. The maximum Gasteiger partial charge on any atom is 0.225 e. The highest BCUT2D eigenvalue weighted by Gasteiger charge is 2.29. The highest BCUT2D eigenvalue weighted by atomic mass is 16.5. The lowest BCUT2D eigenvalue weighted by Crippen LogP contribution is -2.22. The molecule has 1 fully saturated rings. The number of Topliss-reactive ketones (excluding diaryl/α,β-unsaturated/α-hetero) is 1. The van der Waals surface area contributed by atoms with Gasteiger partial charge in [-0.3, -0.25) is 9.48 Å². The molecule has 1 aliphatic carbocycles. The van der Waals surface area contributed by atoms with Crippen molar-refractivity contribution in [1.29, 1.82) is 0 Å². The molecule has 0 amide bonds. The summed E-state index contributed by atoms with van der Waals surface area (Å²) in [7, 11) is 3.46. The van der Waals surface area contributed by atoms with Crippen molar-refractivity contribution in [2.24, 2.45) is 13.0 Å². The van der Waals surface area contributed by atoms with Gasteiger partial charge in [-0.05, 0) is 25.5 Å². The van der Waals surface area contributed by atoms with E-state index in [2.05, 4.69) is 10.1 Å². The van der Waals surface area contributed by atoms with Gasteiger partial charge in [0, 0.05) is 49.8 Å². The number of ketones is 1. The number of ether oxygens (including phenoxy) is 2. The van der Waals surface area contributed by atoms with Crippen molar-refractivity contribution in [3.63, 3.8) is 0 Å². The number of hydrogen-bond donors (Lipinski definition) is 0. The number of nitrogens with zero attached hydrogens (tertiary/aromatic N) is 4. The van der Waals surface area contributed by atoms with Gasteiger partial charge in [-0.25, -0.2) is 9.97 Å². The van der Waals surface area contributed by atoms with Crippen LogP contribution in [0.15, 0.2) is 30.6 Å². The lowest BCUT2D eigenvalue weighted by Gasteiger charge is -2.20. The van der Waals surface area contributed by atoms with Crippen LogP contribution in [0.3, 0.4) is 0 Å². The number of methoxy groups -OCH3 is 1. The molecule has 3 aromatic rings. The number of aromatic nitrogens is 4. The topological polar surface area (TPSA) is 79.1 Å². The molecule has 0 N–H and O–H groups in total. The molecule has 27 heavy (non-hydrogen) atoms. The Bertz CT molecular complexity index is 981. The van der Waals surface area contributed by atoms with Gasteiger partial charge in [0.2, 0.25) is 11.8 Å². The summed E-state index contributed by atoms with van der Waals surface area (Å²) in [6.07, 6.45) is 5.64. The van der Waals surface area contributed by atoms with Gasteiger partial charge in [0.1, 0.15) is 11.9 Å². The summed E-state index contributed by atoms with van der Waals surface area (Å²) < 4.78 is 13.1. The molecule has 1 aliphatic rings. The predicted octanol–water partition coefficient (Wildman–Crippen LogP) is 3.18. The number of pyridine rings is 2. The first-order chi connectivity index (χ1) is 13.0. The van der Waals surface area contributed by atoms with Crippen LogP contribution in [-0.4, -0.2) is 38.7 Å². The van der Waals surface area contributed by atoms with E-state index in [4.69, 9.17) is 14.5 Å². The van der Waals surface area contributed by atoms with E-state index in [0.717, 1.165) is 28.6 Å². The van der Waals surface area contributed by atoms with Gasteiger partial charge >= 0.3 is 0 Å². The molecule has 0 aromatic carbocycles. The Balaban J connectivity index is 1.70. The minimum atomic E-state index is -0.0865. The first-order valence-corrected chi connectivity index (χ1v) is 9.06. The van der Waals surface area contributed by atoms with Crippen molar-refractivity contribution < 1.29 is 14.3 Å². The van der Waals surface area contributed by atoms with Crippen LogP contribution in [0.4, 0.5) is 0 Å². The Hall–Kier alpha value is -2.96. The second kappa shape index (κ2) is 6.98. The van der Waals surface area contributed by atoms with E-state index >= 15 is 0 Å². The van der Waals surface area contributed by atoms with Crippen molar-refractivity contribution in [3.05, 3.63) is 30.6 Å². The maximum atomic E-state index is 11.6. The lowest BCUT2D eigenvalue weighted by atomic mass is 10.0. The third-order valence-electron chi connectivity index (χ3n) is 5.07. The highest BCUT2D eigenvalue weighted by Crippen LogP contribution is 2.32. The van der Waals surface area contributed by atoms with Gasteiger partial charge in [-0.2, -0.15) is 5.10 Å². The van der Waals surface area contributed by atoms with Gasteiger partial charge in [0.15, 0.2) is 0 Å². The standard InChI is InChI=1S/C20H22N4O3/c1-12(13-4-6-15(25)8-13)27-20-16-11-24(2)23-18(16)9-17(22-20)14-5-7-19(26-3)21-10-14/h5,7,9-13H,4,6,8H2,1-3H3/t12-,13+/m1/s1. The number of carbonyl (C=O) groups is 1. The van der Waals surface area contributed by atoms with E-state index in [1.807, 2.05) is 32.3 Å². The van der Waals surface area contributed by atoms with Gasteiger partial charge in [-0.15, -0.1) is 0 Å². The molecule has 0 spiro atoms. The molecule has 0 unspecified atom stereocenters. The molecule has 7 nitrogen and oxygen atoms in total. The largest absolute Gasteiger partial charge is 0.481 e. The predicted molar refractivity (Wildman–Crippen MR) is 101 cm³/mol. The fraction of sp³-hybridized carbons (Fsp3) is 0.400. The first-order valence-electron chi connectivity index (χ1n) is 9.06. The van der Waals surface area contributed by atoms with E-state index in [-0.39, 0.29) is 12.0 Å². The Labute approximate surface area is 157 Å². The highest BCUT2D eigenvalue weighted by molar-refractivity contribution is 5.86. The van der Waals surface area contributed by atoms with Crippen LogP contribution in [0.1, 0.15) is 26.2 Å². The van der Waals surface area contributed by atoms with Crippen LogP contribution in [0.5, 0.6) is 11.8 Å². The van der Waals surface area contributed by atoms with Crippen LogP contribution >= 0.6 is 0 Å². The quantitative estimate of drug-likeness (QED) is 0.690. The summed E-state index contributed by atoms with van der Waals surface area (Å²) in [4.78, 5) is 20.6. The number of rotatable bonds is 5. The normalized spacial score (nSPS) is 18.0. The molecule has 0 bridgehead atoms. The lowest BCUT2D eigenvalue weighted by molar-refractivity contribution is -0.117. The van der Waals surface area contributed by atoms with Crippen molar-refractivity contribution in [2.75, 3.05) is 7.11 Å². The molecule has 140 valence electrons. The molecule has 7 heteroatoms. The third-order valence-corrected chi connectivity index (χ3v) is 5.07. The average molecular weight is 366 g/mol. The van der Waals surface area contributed by atoms with E-state index in [0.29, 0.717) is 30.4 Å². The Morgan fingerprint density at radius 2 is 2.19 bits per heavy atom. The zero-order valence-electron chi connectivity index (χ0n) is 15.7. The summed E-state index contributed by atoms with van der Waals surface area (Å²) in [6, 6.07) is 5.63. The number of hydrogen-bond acceptors (Lipinski definition) is 6. The van der Waals surface area contributed by atoms with Crippen LogP contribution in [-0.2, 0) is 11.8 Å². The summed E-state index contributed by atoms with van der Waals surface area (Å²) in [6.45, 7) is 2.01. The molecular weight excluding hydrogens is 344 g/mol. The van der Waals surface area contributed by atoms with Crippen LogP contribution in [0.2, 0.25) is 0 Å². The number of aryl methyl sites for hydroxylation is 1. The summed E-state index contributed by atoms with van der Waals surface area (Å²) >= 11 is 0. The van der Waals surface area contributed by atoms with E-state index in [1.165, 1.54) is 0 Å². The monoisotopic (exact) mass is 366 g/mol. The zero-order chi connectivity index (χ0) is 19.0. The summed E-state index contributed by atoms with van der Waals surface area (Å²) in [5, 5.41) is 5.37. The molecule has 3 heterocycles. The molecule has 1 saturated carbocycles. The van der Waals surface area contributed by atoms with Crippen molar-refractivity contribution in [1.82, 2.24) is 19.7 Å². The second-order valence-electron chi connectivity index (χ2n) is 7.00. The number of carbonyl (C=O) groups excluding carboxylic acids is 1. The molecular formula is C20H22N4O3. The van der Waals surface area contributed by atoms with E-state index in [1.54, 1.807) is 24.1 Å². The van der Waals surface area contributed by atoms with Gasteiger partial charge in [-0.1, -0.05) is 0 Å². The Morgan fingerprint density at radius 1 is 1.33 bits per heavy atom. The van der Waals surface area contributed by atoms with E-state index in [9.17, 15) is 4.79 Å². The molecule has 0 saturated heterocycles. The minimum absolute atomic E-state index is 0.0865. The van der Waals surface area contributed by atoms with Crippen LogP contribution < -0.4 is 9.47 Å². The molecule has 4 rings (SSSR count).